The molecule has 6 heteroatoms. The number of hydrogen-bond acceptors (Lipinski definition) is 5. The van der Waals surface area contributed by atoms with Crippen LogP contribution in [-0.4, -0.2) is 28.9 Å². The third-order valence-corrected chi connectivity index (χ3v) is 3.43. The highest BCUT2D eigenvalue weighted by atomic mass is 16.6. The maximum atomic E-state index is 11.8. The van der Waals surface area contributed by atoms with Crippen LogP contribution >= 0.6 is 0 Å². The van der Waals surface area contributed by atoms with Crippen LogP contribution in [0.25, 0.3) is 0 Å². The number of nitrogens with zero attached hydrogens (tertiary/aromatic N) is 1. The van der Waals surface area contributed by atoms with Gasteiger partial charge in [0.1, 0.15) is 5.60 Å². The number of rotatable bonds is 4. The minimum absolute atomic E-state index is 0.101. The summed E-state index contributed by atoms with van der Waals surface area (Å²) in [6.07, 6.45) is 2.74. The molecule has 2 atom stereocenters. The van der Waals surface area contributed by atoms with E-state index in [9.17, 15) is 4.79 Å². The van der Waals surface area contributed by atoms with Gasteiger partial charge in [0.05, 0.1) is 12.2 Å². The molecule has 21 heavy (non-hydrogen) atoms. The van der Waals surface area contributed by atoms with Crippen molar-refractivity contribution in [1.82, 2.24) is 15.8 Å². The second-order valence-electron chi connectivity index (χ2n) is 6.61. The van der Waals surface area contributed by atoms with Crippen LogP contribution in [0, 0.1) is 6.92 Å². The quantitative estimate of drug-likeness (QED) is 0.892. The van der Waals surface area contributed by atoms with Crippen molar-refractivity contribution in [1.29, 1.82) is 0 Å². The van der Waals surface area contributed by atoms with Gasteiger partial charge in [0, 0.05) is 18.2 Å². The van der Waals surface area contributed by atoms with Crippen molar-refractivity contribution in [3.8, 4) is 0 Å². The molecule has 6 nitrogen and oxygen atoms in total. The van der Waals surface area contributed by atoms with Crippen molar-refractivity contribution in [2.75, 3.05) is 0 Å². The van der Waals surface area contributed by atoms with Crippen molar-refractivity contribution in [3.05, 3.63) is 17.5 Å². The van der Waals surface area contributed by atoms with Gasteiger partial charge in [-0.25, -0.2) is 4.79 Å². The van der Waals surface area contributed by atoms with Crippen LogP contribution in [-0.2, 0) is 11.3 Å². The van der Waals surface area contributed by atoms with E-state index in [-0.39, 0.29) is 18.2 Å². The first-order valence-electron chi connectivity index (χ1n) is 7.48. The summed E-state index contributed by atoms with van der Waals surface area (Å²) in [6.45, 7) is 8.11. The summed E-state index contributed by atoms with van der Waals surface area (Å²) in [7, 11) is 0. The SMILES string of the molecule is Cc1cc(CN[C@@H]2CCC[C@@H]2NC(=O)OC(C)(C)C)on1. The number of hydrogen-bond donors (Lipinski definition) is 2. The molecule has 0 radical (unpaired) electrons. The second kappa shape index (κ2) is 6.47. The number of aromatic nitrogens is 1. The summed E-state index contributed by atoms with van der Waals surface area (Å²) in [5.41, 5.74) is 0.407. The lowest BCUT2D eigenvalue weighted by Gasteiger charge is -2.25. The molecule has 2 N–H and O–H groups in total. The molecule has 2 rings (SSSR count). The maximum absolute atomic E-state index is 11.8. The van der Waals surface area contributed by atoms with E-state index >= 15 is 0 Å². The van der Waals surface area contributed by atoms with Crippen molar-refractivity contribution in [2.45, 2.75) is 71.2 Å². The van der Waals surface area contributed by atoms with Crippen LogP contribution in [0.2, 0.25) is 0 Å². The highest BCUT2D eigenvalue weighted by Crippen LogP contribution is 2.20. The van der Waals surface area contributed by atoms with Crippen LogP contribution < -0.4 is 10.6 Å². The minimum Gasteiger partial charge on any atom is -0.444 e. The van der Waals surface area contributed by atoms with Crippen molar-refractivity contribution in [2.24, 2.45) is 0 Å². The Bertz CT molecular complexity index is 479. The van der Waals surface area contributed by atoms with E-state index in [1.165, 1.54) is 0 Å². The van der Waals surface area contributed by atoms with E-state index in [0.717, 1.165) is 30.7 Å². The number of alkyl carbamates (subject to hydrolysis) is 1. The Labute approximate surface area is 125 Å². The normalized spacial score (nSPS) is 22.3. The van der Waals surface area contributed by atoms with E-state index in [1.54, 1.807) is 0 Å². The molecule has 1 fully saturated rings. The lowest BCUT2D eigenvalue weighted by Crippen LogP contribution is -2.47. The molecule has 1 aliphatic rings. The Morgan fingerprint density at radius 3 is 2.76 bits per heavy atom. The van der Waals surface area contributed by atoms with Crippen LogP contribution in [0.3, 0.4) is 0 Å². The van der Waals surface area contributed by atoms with E-state index in [0.29, 0.717) is 6.54 Å². The number of carbonyl (C=O) groups is 1. The fourth-order valence-corrected chi connectivity index (χ4v) is 2.57. The van der Waals surface area contributed by atoms with Crippen LogP contribution in [0.15, 0.2) is 10.6 Å². The van der Waals surface area contributed by atoms with Gasteiger partial charge >= 0.3 is 6.09 Å². The molecule has 1 saturated carbocycles. The summed E-state index contributed by atoms with van der Waals surface area (Å²) < 4.78 is 10.5. The first-order chi connectivity index (χ1) is 9.83. The maximum Gasteiger partial charge on any atom is 0.407 e. The van der Waals surface area contributed by atoms with Crippen LogP contribution in [0.5, 0.6) is 0 Å². The standard InChI is InChI=1S/C15H25N3O3/c1-10-8-11(21-18-10)9-16-12-6-5-7-13(12)17-14(19)20-15(2,3)4/h8,12-13,16H,5-7,9H2,1-4H3,(H,17,19)/t12-,13+/m1/s1. The summed E-state index contributed by atoms with van der Waals surface area (Å²) in [5.74, 6) is 0.815. The molecule has 1 aromatic rings. The van der Waals surface area contributed by atoms with Gasteiger partial charge in [-0.3, -0.25) is 0 Å². The Hall–Kier alpha value is -1.56. The van der Waals surface area contributed by atoms with E-state index in [2.05, 4.69) is 15.8 Å². The van der Waals surface area contributed by atoms with E-state index < -0.39 is 5.60 Å². The first-order valence-corrected chi connectivity index (χ1v) is 7.48. The molecule has 0 bridgehead atoms. The molecule has 0 aromatic carbocycles. The average molecular weight is 295 g/mol. The average Bonchev–Trinajstić information content (AvgIpc) is 2.93. The van der Waals surface area contributed by atoms with Gasteiger partial charge in [-0.1, -0.05) is 5.16 Å². The summed E-state index contributed by atoms with van der Waals surface area (Å²) in [5, 5.41) is 10.2. The van der Waals surface area contributed by atoms with Crippen molar-refractivity contribution < 1.29 is 14.1 Å². The third-order valence-electron chi connectivity index (χ3n) is 3.43. The molecule has 1 heterocycles. The Kier molecular flexibility index (Phi) is 4.88. The van der Waals surface area contributed by atoms with Gasteiger partial charge in [-0.15, -0.1) is 0 Å². The lowest BCUT2D eigenvalue weighted by atomic mass is 10.1. The topological polar surface area (TPSA) is 76.4 Å². The van der Waals surface area contributed by atoms with Gasteiger partial charge in [0.25, 0.3) is 0 Å². The molecule has 0 saturated heterocycles. The monoisotopic (exact) mass is 295 g/mol. The smallest absolute Gasteiger partial charge is 0.407 e. The Morgan fingerprint density at radius 1 is 1.43 bits per heavy atom. The molecule has 1 aromatic heterocycles. The van der Waals surface area contributed by atoms with E-state index in [4.69, 9.17) is 9.26 Å². The van der Waals surface area contributed by atoms with Crippen LogP contribution in [0.4, 0.5) is 4.79 Å². The predicted molar refractivity (Wildman–Crippen MR) is 78.9 cm³/mol. The molecule has 118 valence electrons. The predicted octanol–water partition coefficient (Wildman–Crippen LogP) is 2.52. The Morgan fingerprint density at radius 2 is 2.14 bits per heavy atom. The summed E-state index contributed by atoms with van der Waals surface area (Å²) in [6, 6.07) is 2.25. The molecule has 1 amide bonds. The lowest BCUT2D eigenvalue weighted by molar-refractivity contribution is 0.0498. The van der Waals surface area contributed by atoms with Gasteiger partial charge in [0.15, 0.2) is 5.76 Å². The first kappa shape index (κ1) is 15.8. The Balaban J connectivity index is 1.81. The van der Waals surface area contributed by atoms with Gasteiger partial charge < -0.3 is 19.9 Å². The number of ether oxygens (including phenoxy) is 1. The zero-order chi connectivity index (χ0) is 15.5. The molecule has 0 spiro atoms. The van der Waals surface area contributed by atoms with Gasteiger partial charge in [-0.2, -0.15) is 0 Å². The van der Waals surface area contributed by atoms with Crippen molar-refractivity contribution >= 4 is 6.09 Å². The fraction of sp³-hybridized carbons (Fsp3) is 0.733. The fourth-order valence-electron chi connectivity index (χ4n) is 2.57. The summed E-state index contributed by atoms with van der Waals surface area (Å²) in [4.78, 5) is 11.8. The number of amides is 1. The molecule has 0 unspecified atom stereocenters. The molecular weight excluding hydrogens is 270 g/mol. The van der Waals surface area contributed by atoms with Gasteiger partial charge in [-0.05, 0) is 47.0 Å². The third kappa shape index (κ3) is 5.04. The number of nitrogens with one attached hydrogen (secondary N) is 2. The van der Waals surface area contributed by atoms with Crippen LogP contribution in [0.1, 0.15) is 51.5 Å². The number of aryl methyl sites for hydroxylation is 1. The zero-order valence-corrected chi connectivity index (χ0v) is 13.2. The number of carbonyl (C=O) groups excluding carboxylic acids is 1. The highest BCUT2D eigenvalue weighted by molar-refractivity contribution is 5.68. The van der Waals surface area contributed by atoms with Crippen molar-refractivity contribution in [3.63, 3.8) is 0 Å². The highest BCUT2D eigenvalue weighted by Gasteiger charge is 2.30. The van der Waals surface area contributed by atoms with E-state index in [1.807, 2.05) is 33.8 Å². The molecule has 1 aliphatic carbocycles. The minimum atomic E-state index is -0.469. The largest absolute Gasteiger partial charge is 0.444 e. The van der Waals surface area contributed by atoms with Gasteiger partial charge in [0.2, 0.25) is 0 Å². The summed E-state index contributed by atoms with van der Waals surface area (Å²) >= 11 is 0. The zero-order valence-electron chi connectivity index (χ0n) is 13.2. The molecular formula is C15H25N3O3. The second-order valence-corrected chi connectivity index (χ2v) is 6.61. The molecule has 0 aliphatic heterocycles.